The van der Waals surface area contributed by atoms with E-state index in [4.69, 9.17) is 4.74 Å². The average molecular weight is 393 g/mol. The highest BCUT2D eigenvalue weighted by Gasteiger charge is 2.30. The smallest absolute Gasteiger partial charge is 0.407 e. The fourth-order valence-corrected chi connectivity index (χ4v) is 4.74. The van der Waals surface area contributed by atoms with E-state index in [1.807, 2.05) is 24.3 Å². The minimum absolute atomic E-state index is 0.0325. The molecule has 2 aliphatic carbocycles. The van der Waals surface area contributed by atoms with Gasteiger partial charge in [-0.15, -0.1) is 0 Å². The Morgan fingerprint density at radius 2 is 1.59 bits per heavy atom. The SMILES string of the molecule is O=C(N[C@@H](CCC1CCCC1)C(=O)O)OCC1c2ccccc2-c2ccccc21. The fourth-order valence-electron chi connectivity index (χ4n) is 4.74. The van der Waals surface area contributed by atoms with Gasteiger partial charge in [-0.2, -0.15) is 0 Å². The molecular formula is C24H27NO4. The van der Waals surface area contributed by atoms with Crippen LogP contribution >= 0.6 is 0 Å². The first-order valence-electron chi connectivity index (χ1n) is 10.5. The van der Waals surface area contributed by atoms with Crippen LogP contribution in [0.5, 0.6) is 0 Å². The largest absolute Gasteiger partial charge is 0.480 e. The molecule has 2 aromatic carbocycles. The topological polar surface area (TPSA) is 75.6 Å². The summed E-state index contributed by atoms with van der Waals surface area (Å²) in [5.41, 5.74) is 4.60. The van der Waals surface area contributed by atoms with E-state index >= 15 is 0 Å². The number of carbonyl (C=O) groups is 2. The molecule has 29 heavy (non-hydrogen) atoms. The third-order valence-corrected chi connectivity index (χ3v) is 6.27. The molecule has 152 valence electrons. The summed E-state index contributed by atoms with van der Waals surface area (Å²) in [6.07, 6.45) is 5.40. The minimum Gasteiger partial charge on any atom is -0.480 e. The molecule has 0 aliphatic heterocycles. The van der Waals surface area contributed by atoms with Crippen LogP contribution in [0.25, 0.3) is 11.1 Å². The highest BCUT2D eigenvalue weighted by atomic mass is 16.5. The predicted molar refractivity (Wildman–Crippen MR) is 111 cm³/mol. The van der Waals surface area contributed by atoms with Gasteiger partial charge in [0.05, 0.1) is 0 Å². The molecule has 0 saturated heterocycles. The van der Waals surface area contributed by atoms with Crippen LogP contribution in [0.15, 0.2) is 48.5 Å². The first-order chi connectivity index (χ1) is 14.1. The van der Waals surface area contributed by atoms with Crippen molar-refractivity contribution in [3.8, 4) is 11.1 Å². The van der Waals surface area contributed by atoms with E-state index in [-0.39, 0.29) is 12.5 Å². The second-order valence-electron chi connectivity index (χ2n) is 8.09. The molecular weight excluding hydrogens is 366 g/mol. The van der Waals surface area contributed by atoms with E-state index in [1.54, 1.807) is 0 Å². The van der Waals surface area contributed by atoms with Crippen molar-refractivity contribution in [1.29, 1.82) is 0 Å². The zero-order chi connectivity index (χ0) is 20.2. The predicted octanol–water partition coefficient (Wildman–Crippen LogP) is 4.95. The Morgan fingerprint density at radius 1 is 1.00 bits per heavy atom. The first kappa shape index (κ1) is 19.5. The van der Waals surface area contributed by atoms with Gasteiger partial charge in [0.1, 0.15) is 12.6 Å². The Bertz CT molecular complexity index is 842. The zero-order valence-electron chi connectivity index (χ0n) is 16.5. The lowest BCUT2D eigenvalue weighted by molar-refractivity contribution is -0.139. The summed E-state index contributed by atoms with van der Waals surface area (Å²) < 4.78 is 5.48. The van der Waals surface area contributed by atoms with Crippen LogP contribution in [0.3, 0.4) is 0 Å². The molecule has 0 radical (unpaired) electrons. The molecule has 2 aromatic rings. The Labute approximate surface area is 171 Å². The first-order valence-corrected chi connectivity index (χ1v) is 10.5. The Balaban J connectivity index is 1.37. The van der Waals surface area contributed by atoms with Gasteiger partial charge in [0.2, 0.25) is 0 Å². The van der Waals surface area contributed by atoms with E-state index in [0.717, 1.165) is 41.5 Å². The number of benzene rings is 2. The number of fused-ring (bicyclic) bond motifs is 3. The van der Waals surface area contributed by atoms with Crippen LogP contribution in [0.1, 0.15) is 55.6 Å². The van der Waals surface area contributed by atoms with Crippen molar-refractivity contribution in [3.05, 3.63) is 59.7 Å². The van der Waals surface area contributed by atoms with Crippen LogP contribution in [0, 0.1) is 5.92 Å². The van der Waals surface area contributed by atoms with Crippen molar-refractivity contribution in [2.75, 3.05) is 6.61 Å². The summed E-state index contributed by atoms with van der Waals surface area (Å²) in [5, 5.41) is 12.0. The van der Waals surface area contributed by atoms with Gasteiger partial charge < -0.3 is 15.2 Å². The molecule has 1 saturated carbocycles. The lowest BCUT2D eigenvalue weighted by Gasteiger charge is -2.18. The number of carbonyl (C=O) groups excluding carboxylic acids is 1. The standard InChI is InChI=1S/C24H27NO4/c26-23(27)22(14-13-16-7-1-2-8-16)25-24(28)29-15-21-19-11-5-3-9-17(19)18-10-4-6-12-20(18)21/h3-6,9-12,16,21-22H,1-2,7-8,13-15H2,(H,25,28)(H,26,27)/t22-/m0/s1. The minimum atomic E-state index is -1.00. The van der Waals surface area contributed by atoms with E-state index < -0.39 is 18.1 Å². The Morgan fingerprint density at radius 3 is 2.17 bits per heavy atom. The third-order valence-electron chi connectivity index (χ3n) is 6.27. The maximum Gasteiger partial charge on any atom is 0.407 e. The van der Waals surface area contributed by atoms with Crippen LogP contribution in [-0.4, -0.2) is 29.8 Å². The maximum atomic E-state index is 12.3. The van der Waals surface area contributed by atoms with E-state index in [1.165, 1.54) is 12.8 Å². The molecule has 1 amide bonds. The fraction of sp³-hybridized carbons (Fsp3) is 0.417. The molecule has 5 heteroatoms. The van der Waals surface area contributed by atoms with Gasteiger partial charge in [-0.3, -0.25) is 0 Å². The van der Waals surface area contributed by atoms with Gasteiger partial charge in [-0.1, -0.05) is 74.2 Å². The summed E-state index contributed by atoms with van der Waals surface area (Å²) >= 11 is 0. The molecule has 4 rings (SSSR count). The van der Waals surface area contributed by atoms with Gasteiger partial charge in [-0.25, -0.2) is 9.59 Å². The number of hydrogen-bond acceptors (Lipinski definition) is 3. The quantitative estimate of drug-likeness (QED) is 0.698. The molecule has 1 atom stereocenters. The van der Waals surface area contributed by atoms with Crippen molar-refractivity contribution < 1.29 is 19.4 Å². The van der Waals surface area contributed by atoms with Gasteiger partial charge in [-0.05, 0) is 41.0 Å². The maximum absolute atomic E-state index is 12.3. The normalized spacial score (nSPS) is 16.8. The Kier molecular flexibility index (Phi) is 5.84. The summed E-state index contributed by atoms with van der Waals surface area (Å²) in [6.45, 7) is 0.189. The lowest BCUT2D eigenvalue weighted by atomic mass is 9.98. The van der Waals surface area contributed by atoms with Crippen molar-refractivity contribution >= 4 is 12.1 Å². The molecule has 0 unspecified atom stereocenters. The molecule has 5 nitrogen and oxygen atoms in total. The lowest BCUT2D eigenvalue weighted by Crippen LogP contribution is -2.41. The molecule has 0 aromatic heterocycles. The number of hydrogen-bond donors (Lipinski definition) is 2. The van der Waals surface area contributed by atoms with Crippen LogP contribution in [0.4, 0.5) is 4.79 Å². The zero-order valence-corrected chi connectivity index (χ0v) is 16.5. The summed E-state index contributed by atoms with van der Waals surface area (Å²) in [4.78, 5) is 23.9. The third kappa shape index (κ3) is 4.29. The number of aliphatic carboxylic acids is 1. The number of rotatable bonds is 7. The monoisotopic (exact) mass is 393 g/mol. The van der Waals surface area contributed by atoms with Crippen molar-refractivity contribution in [2.45, 2.75) is 50.5 Å². The number of nitrogens with one attached hydrogen (secondary N) is 1. The number of ether oxygens (including phenoxy) is 1. The van der Waals surface area contributed by atoms with Crippen molar-refractivity contribution in [1.82, 2.24) is 5.32 Å². The molecule has 1 fully saturated rings. The van der Waals surface area contributed by atoms with Crippen molar-refractivity contribution in [2.24, 2.45) is 5.92 Å². The van der Waals surface area contributed by atoms with E-state index in [0.29, 0.717) is 12.3 Å². The van der Waals surface area contributed by atoms with Crippen molar-refractivity contribution in [3.63, 3.8) is 0 Å². The molecule has 0 bridgehead atoms. The number of carboxylic acid groups (broad SMARTS) is 1. The van der Waals surface area contributed by atoms with Crippen LogP contribution in [-0.2, 0) is 9.53 Å². The van der Waals surface area contributed by atoms with Gasteiger partial charge in [0, 0.05) is 5.92 Å². The van der Waals surface area contributed by atoms with Gasteiger partial charge in [0.15, 0.2) is 0 Å². The highest BCUT2D eigenvalue weighted by molar-refractivity contribution is 5.81. The summed E-state index contributed by atoms with van der Waals surface area (Å²) in [6, 6.07) is 15.4. The van der Waals surface area contributed by atoms with Gasteiger partial charge >= 0.3 is 12.1 Å². The number of alkyl carbamates (subject to hydrolysis) is 1. The molecule has 0 spiro atoms. The molecule has 0 heterocycles. The highest BCUT2D eigenvalue weighted by Crippen LogP contribution is 2.44. The van der Waals surface area contributed by atoms with E-state index in [9.17, 15) is 14.7 Å². The van der Waals surface area contributed by atoms with Crippen LogP contribution in [0.2, 0.25) is 0 Å². The van der Waals surface area contributed by atoms with Crippen LogP contribution < -0.4 is 5.32 Å². The number of amides is 1. The average Bonchev–Trinajstić information content (AvgIpc) is 3.35. The Hall–Kier alpha value is -2.82. The second-order valence-corrected chi connectivity index (χ2v) is 8.09. The molecule has 2 aliphatic rings. The van der Waals surface area contributed by atoms with Gasteiger partial charge in [0.25, 0.3) is 0 Å². The second kappa shape index (κ2) is 8.68. The summed E-state index contributed by atoms with van der Waals surface area (Å²) in [7, 11) is 0. The van der Waals surface area contributed by atoms with E-state index in [2.05, 4.69) is 29.6 Å². The number of carboxylic acids is 1. The molecule has 2 N–H and O–H groups in total. The summed E-state index contributed by atoms with van der Waals surface area (Å²) in [5.74, 6) is -0.451.